The quantitative estimate of drug-likeness (QED) is 0.478. The standard InChI is InChI=1S/C36H24/c1-2-14-25(13-1)31-32(26-15-3-4-16-26)34(28-19-7-8-20-28)36(30-23-11-12-24-30)35(29-21-9-10-22-29)33(31)27-17-5-6-18-27/h1-24H. The number of rotatable bonds is 6. The molecule has 0 aliphatic heterocycles. The highest BCUT2D eigenvalue weighted by Crippen LogP contribution is 2.56. The molecule has 30 radical (unpaired) electrons. The molecular formula is C36H24. The predicted octanol–water partition coefficient (Wildman–Crippen LogP) is 6.21. The van der Waals surface area contributed by atoms with Crippen LogP contribution in [0, 0.1) is 190 Å². The van der Waals surface area contributed by atoms with Crippen molar-refractivity contribution in [2.24, 2.45) is 0 Å². The monoisotopic (exact) mass is 456 g/mol. The zero-order chi connectivity index (χ0) is 23.9. The van der Waals surface area contributed by atoms with Crippen LogP contribution in [0.25, 0.3) is 0 Å². The van der Waals surface area contributed by atoms with Crippen LogP contribution in [0.4, 0.5) is 0 Å². The van der Waals surface area contributed by atoms with Crippen molar-refractivity contribution in [3.63, 3.8) is 0 Å². The number of hydrogen-bond donors (Lipinski definition) is 0. The fourth-order valence-electron chi connectivity index (χ4n) is 5.73. The topological polar surface area (TPSA) is 0 Å². The van der Waals surface area contributed by atoms with E-state index in [0.717, 1.165) is 0 Å². The van der Waals surface area contributed by atoms with Gasteiger partial charge in [0.1, 0.15) is 0 Å². The zero-order valence-electron chi connectivity index (χ0n) is 19.9. The molecule has 0 N–H and O–H groups in total. The summed E-state index contributed by atoms with van der Waals surface area (Å²) in [6.45, 7) is 0. The first-order valence-corrected chi connectivity index (χ1v) is 12.5. The molecule has 0 aromatic heterocycles. The van der Waals surface area contributed by atoms with Crippen LogP contribution < -0.4 is 0 Å². The van der Waals surface area contributed by atoms with Crippen molar-refractivity contribution in [3.05, 3.63) is 223 Å². The molecule has 168 valence electrons. The lowest BCUT2D eigenvalue weighted by molar-refractivity contribution is 1.02. The van der Waals surface area contributed by atoms with E-state index in [2.05, 4.69) is 154 Å². The molecule has 0 atom stereocenters. The van der Waals surface area contributed by atoms with Gasteiger partial charge in [-0.05, 0) is 187 Å². The summed E-state index contributed by atoms with van der Waals surface area (Å²) in [5.74, 6) is 7.48. The lowest BCUT2D eigenvalue weighted by Crippen LogP contribution is -2.24. The number of hydrogen-bond acceptors (Lipinski definition) is 0. The maximum absolute atomic E-state index is 2.25. The molecule has 0 saturated heterocycles. The maximum atomic E-state index is 2.25. The Balaban J connectivity index is 1.55. The summed E-state index contributed by atoms with van der Waals surface area (Å²) >= 11 is 0. The summed E-state index contributed by atoms with van der Waals surface area (Å²) in [6.07, 6.45) is 52.8. The van der Waals surface area contributed by atoms with Crippen LogP contribution >= 0.6 is 0 Å². The second-order valence-corrected chi connectivity index (χ2v) is 9.29. The van der Waals surface area contributed by atoms with Gasteiger partial charge in [-0.1, -0.05) is 0 Å². The van der Waals surface area contributed by atoms with Gasteiger partial charge in [0.25, 0.3) is 0 Å². The van der Waals surface area contributed by atoms with Crippen LogP contribution in [0.3, 0.4) is 0 Å². The molecule has 0 heterocycles. The van der Waals surface area contributed by atoms with Gasteiger partial charge in [0.15, 0.2) is 0 Å². The Bertz CT molecular complexity index is 673. The fraction of sp³-hybridized carbons (Fsp3) is 0. The van der Waals surface area contributed by atoms with Gasteiger partial charge in [0.2, 0.25) is 0 Å². The van der Waals surface area contributed by atoms with Crippen LogP contribution in [0.15, 0.2) is 0 Å². The molecule has 6 saturated carbocycles. The van der Waals surface area contributed by atoms with Crippen molar-refractivity contribution >= 4 is 0 Å². The maximum Gasteiger partial charge on any atom is 0.0130 e. The normalized spacial score (nSPS) is 28.0. The van der Waals surface area contributed by atoms with Crippen LogP contribution in [0.2, 0.25) is 0 Å². The van der Waals surface area contributed by atoms with Gasteiger partial charge < -0.3 is 0 Å². The Kier molecular flexibility index (Phi) is 7.26. The summed E-state index contributed by atoms with van der Waals surface area (Å²) in [5, 5.41) is 0. The van der Waals surface area contributed by atoms with E-state index >= 15 is 0 Å². The average molecular weight is 457 g/mol. The second kappa shape index (κ2) is 10.8. The molecule has 6 aliphatic rings. The number of benzene rings is 1. The van der Waals surface area contributed by atoms with Crippen LogP contribution in [0.1, 0.15) is 33.4 Å². The molecule has 1 aromatic carbocycles. The average Bonchev–Trinajstić information content (AvgIpc) is 3.78. The van der Waals surface area contributed by atoms with Gasteiger partial charge >= 0.3 is 0 Å². The molecule has 0 heteroatoms. The molecule has 1 aromatic rings. The van der Waals surface area contributed by atoms with E-state index in [4.69, 9.17) is 0 Å². The van der Waals surface area contributed by atoms with E-state index < -0.39 is 0 Å². The highest BCUT2D eigenvalue weighted by Gasteiger charge is 2.43. The van der Waals surface area contributed by atoms with Gasteiger partial charge in [-0.25, -0.2) is 0 Å². The molecule has 0 unspecified atom stereocenters. The van der Waals surface area contributed by atoms with E-state index in [1.807, 2.05) is 0 Å². The van der Waals surface area contributed by atoms with Gasteiger partial charge in [-0.3, -0.25) is 0 Å². The Hall–Kier alpha value is -0.780. The van der Waals surface area contributed by atoms with Crippen molar-refractivity contribution in [3.8, 4) is 0 Å². The Morgan fingerprint density at radius 2 is 0.278 bits per heavy atom. The van der Waals surface area contributed by atoms with Gasteiger partial charge in [0.05, 0.1) is 0 Å². The third-order valence-electron chi connectivity index (χ3n) is 7.21. The van der Waals surface area contributed by atoms with E-state index in [1.54, 1.807) is 0 Å². The van der Waals surface area contributed by atoms with E-state index in [1.165, 1.54) is 68.9 Å². The van der Waals surface area contributed by atoms with Crippen molar-refractivity contribution in [2.75, 3.05) is 0 Å². The SMILES string of the molecule is [CH]1[CH][CH][C](c2c([C]3[CH][CH][CH][CH]3)c([C]3[CH][CH][CH][CH]3)c([C]3[CH][CH][CH][CH]3)c([C]3[CH][CH][CH][CH]3)c2[C]2[CH][CH][CH][CH]2)[CH]1. The Morgan fingerprint density at radius 1 is 0.167 bits per heavy atom. The zero-order valence-corrected chi connectivity index (χ0v) is 19.9. The summed E-state index contributed by atoms with van der Waals surface area (Å²) in [5.41, 5.74) is 7.75. The van der Waals surface area contributed by atoms with Gasteiger partial charge in [-0.2, -0.15) is 0 Å². The lowest BCUT2D eigenvalue weighted by Gasteiger charge is -2.37. The van der Waals surface area contributed by atoms with Crippen LogP contribution in [0.5, 0.6) is 0 Å². The van der Waals surface area contributed by atoms with E-state index in [-0.39, 0.29) is 0 Å². The minimum atomic E-state index is 1.25. The smallest absolute Gasteiger partial charge is 0.0130 e. The summed E-state index contributed by atoms with van der Waals surface area (Å²) in [4.78, 5) is 0. The second-order valence-electron chi connectivity index (χ2n) is 9.29. The Morgan fingerprint density at radius 3 is 0.389 bits per heavy atom. The fourth-order valence-corrected chi connectivity index (χ4v) is 5.73. The van der Waals surface area contributed by atoms with Crippen LogP contribution in [-0.4, -0.2) is 0 Å². The highest BCUT2D eigenvalue weighted by atomic mass is 14.5. The minimum absolute atomic E-state index is 1.25. The third kappa shape index (κ3) is 4.33. The molecule has 6 aliphatic carbocycles. The Labute approximate surface area is 222 Å². The molecule has 0 bridgehead atoms. The minimum Gasteiger partial charge on any atom is -0.0320 e. The van der Waals surface area contributed by atoms with Crippen molar-refractivity contribution in [1.82, 2.24) is 0 Å². The molecular weight excluding hydrogens is 432 g/mol. The predicted molar refractivity (Wildman–Crippen MR) is 144 cm³/mol. The van der Waals surface area contributed by atoms with Crippen molar-refractivity contribution in [2.45, 2.75) is 0 Å². The largest absolute Gasteiger partial charge is 0.0320 e. The van der Waals surface area contributed by atoms with E-state index in [9.17, 15) is 0 Å². The summed E-state index contributed by atoms with van der Waals surface area (Å²) in [6, 6.07) is 0. The third-order valence-corrected chi connectivity index (χ3v) is 7.21. The molecule has 0 nitrogen and oxygen atoms in total. The van der Waals surface area contributed by atoms with E-state index in [0.29, 0.717) is 0 Å². The van der Waals surface area contributed by atoms with Gasteiger partial charge in [-0.15, -0.1) is 0 Å². The first-order chi connectivity index (χ1) is 17.9. The molecule has 36 heavy (non-hydrogen) atoms. The summed E-state index contributed by atoms with van der Waals surface area (Å²) in [7, 11) is 0. The van der Waals surface area contributed by atoms with Crippen LogP contribution in [-0.2, 0) is 0 Å². The van der Waals surface area contributed by atoms with Crippen molar-refractivity contribution in [1.29, 1.82) is 0 Å². The first-order valence-electron chi connectivity index (χ1n) is 12.5. The molecule has 0 spiro atoms. The van der Waals surface area contributed by atoms with Crippen molar-refractivity contribution < 1.29 is 0 Å². The molecule has 7 rings (SSSR count). The molecule has 0 amide bonds. The first kappa shape index (κ1) is 24.3. The van der Waals surface area contributed by atoms with Gasteiger partial charge in [0, 0.05) is 35.5 Å². The highest BCUT2D eigenvalue weighted by molar-refractivity contribution is 5.82. The summed E-state index contributed by atoms with van der Waals surface area (Å²) < 4.78 is 0. The lowest BCUT2D eigenvalue weighted by atomic mass is 9.66. The molecule has 6 fully saturated rings.